The molecule has 0 fully saturated rings. The van der Waals surface area contributed by atoms with E-state index < -0.39 is 0 Å². The van der Waals surface area contributed by atoms with Crippen LogP contribution in [0.2, 0.25) is 0 Å². The minimum absolute atomic E-state index is 0. The average Bonchev–Trinajstić information content (AvgIpc) is 1.00. The second-order valence-electron chi connectivity index (χ2n) is 0. The van der Waals surface area contributed by atoms with Crippen molar-refractivity contribution in [2.45, 2.75) is 0 Å². The molecule has 0 aliphatic heterocycles. The molecular weight excluding hydrogens is 173 g/mol. The minimum atomic E-state index is 0. The van der Waals surface area contributed by atoms with Crippen LogP contribution in [0.3, 0.4) is 0 Å². The summed E-state index contributed by atoms with van der Waals surface area (Å²) in [6.45, 7) is 0. The second-order valence-corrected chi connectivity index (χ2v) is 0. The predicted molar refractivity (Wildman–Crippen MR) is 31.3 cm³/mol. The van der Waals surface area contributed by atoms with Gasteiger partial charge in [0, 0.05) is 0 Å². The summed E-state index contributed by atoms with van der Waals surface area (Å²) in [6, 6.07) is 0. The zero-order valence-electron chi connectivity index (χ0n) is 2.38. The van der Waals surface area contributed by atoms with Crippen LogP contribution in [-0.4, -0.2) is 13.3 Å². The summed E-state index contributed by atoms with van der Waals surface area (Å²) in [4.78, 5) is 1.97. The normalized spacial score (nSPS) is 1.50. The van der Waals surface area contributed by atoms with Gasteiger partial charge in [-0.25, -0.2) is 0 Å². The van der Waals surface area contributed by atoms with E-state index in [0.29, 0.717) is 0 Å². The molecule has 0 N–H and O–H groups in total. The van der Waals surface area contributed by atoms with Gasteiger partial charge in [-0.2, -0.15) is 0 Å². The Balaban J connectivity index is -0.00000000500. The Bertz CT molecular complexity index is 8.00. The molecule has 4 heavy (non-hydrogen) atoms. The molecule has 0 spiro atoms. The van der Waals surface area contributed by atoms with Gasteiger partial charge >= 0.3 is 29.6 Å². The van der Waals surface area contributed by atoms with Gasteiger partial charge in [-0.15, -0.1) is 0 Å². The fraction of sp³-hybridized carbons (Fsp3) is 1.00. The Kier molecular flexibility index (Phi) is 91.4. The molecule has 0 heterocycles. The summed E-state index contributed by atoms with van der Waals surface area (Å²) in [5.74, 6) is 0. The van der Waals surface area contributed by atoms with Crippen molar-refractivity contribution >= 4 is 31.0 Å². The molecule has 0 radical (unpaired) electrons. The largest absolute Gasteiger partial charge is 1.00 e. The minimum Gasteiger partial charge on any atom is -0.0901 e. The first kappa shape index (κ1) is 17.1. The third kappa shape index (κ3) is 9.20. The number of rotatable bonds is 0. The van der Waals surface area contributed by atoms with Gasteiger partial charge in [-0.05, 0) is 4.93 Å². The van der Waals surface area contributed by atoms with Crippen LogP contribution in [0.5, 0.6) is 0 Å². The van der Waals surface area contributed by atoms with Gasteiger partial charge in [0.15, 0.2) is 0 Å². The molecule has 22 valence electrons. The Morgan fingerprint density at radius 2 is 1.25 bits per heavy atom. The molecular formula is CH7BINa. The molecule has 3 heteroatoms. The van der Waals surface area contributed by atoms with Crippen molar-refractivity contribution in [1.82, 2.24) is 0 Å². The number of halogens is 1. The van der Waals surface area contributed by atoms with E-state index in [0.717, 1.165) is 0 Å². The summed E-state index contributed by atoms with van der Waals surface area (Å²) in [7, 11) is 0. The van der Waals surface area contributed by atoms with E-state index in [1.165, 1.54) is 0 Å². The van der Waals surface area contributed by atoms with Gasteiger partial charge < -0.3 is 0 Å². The first-order chi connectivity index (χ1) is 1.00. The zero-order chi connectivity index (χ0) is 2.00. The molecule has 0 aromatic heterocycles. The van der Waals surface area contributed by atoms with Crippen molar-refractivity contribution in [3.05, 3.63) is 0 Å². The second kappa shape index (κ2) is 21.4. The summed E-state index contributed by atoms with van der Waals surface area (Å²) in [6.07, 6.45) is 0. The van der Waals surface area contributed by atoms with Crippen LogP contribution >= 0.6 is 22.6 Å². The smallest absolute Gasteiger partial charge is 0.0901 e. The molecule has 0 rings (SSSR count). The summed E-state index contributed by atoms with van der Waals surface area (Å²) >= 11 is 2.15. The zero-order valence-corrected chi connectivity index (χ0v) is 6.54. The fourth-order valence-corrected chi connectivity index (χ4v) is 0. The van der Waals surface area contributed by atoms with E-state index in [2.05, 4.69) is 22.6 Å². The molecule has 0 aliphatic rings. The first-order valence-corrected chi connectivity index (χ1v) is 2.54. The predicted octanol–water partition coefficient (Wildman–Crippen LogP) is -3.40. The molecule has 0 amide bonds. The van der Waals surface area contributed by atoms with Crippen molar-refractivity contribution in [1.29, 1.82) is 0 Å². The Morgan fingerprint density at radius 1 is 1.25 bits per heavy atom. The Hall–Kier alpha value is 1.79. The molecule has 0 saturated heterocycles. The number of hydrogen-bond donors (Lipinski definition) is 0. The van der Waals surface area contributed by atoms with Gasteiger partial charge in [-0.1, -0.05) is 31.0 Å². The van der Waals surface area contributed by atoms with Gasteiger partial charge in [0.1, 0.15) is 0 Å². The molecule has 0 unspecified atom stereocenters. The van der Waals surface area contributed by atoms with Crippen LogP contribution < -0.4 is 29.6 Å². The van der Waals surface area contributed by atoms with E-state index >= 15 is 0 Å². The van der Waals surface area contributed by atoms with Gasteiger partial charge in [-0.3, -0.25) is 0 Å². The van der Waals surface area contributed by atoms with Gasteiger partial charge in [0.2, 0.25) is 0 Å². The third-order valence-electron chi connectivity index (χ3n) is 0. The monoisotopic (exact) mass is 180 g/mol. The van der Waals surface area contributed by atoms with Crippen LogP contribution in [0.25, 0.3) is 0 Å². The Labute approximate surface area is 64.7 Å². The quantitative estimate of drug-likeness (QED) is 0.207. The van der Waals surface area contributed by atoms with E-state index in [-0.39, 0.29) is 38.0 Å². The third-order valence-corrected chi connectivity index (χ3v) is 0. The van der Waals surface area contributed by atoms with Crippen LogP contribution in [0.4, 0.5) is 0 Å². The van der Waals surface area contributed by atoms with Crippen LogP contribution in [-0.2, 0) is 0 Å². The van der Waals surface area contributed by atoms with E-state index in [9.17, 15) is 0 Å². The van der Waals surface area contributed by atoms with Crippen LogP contribution in [0.1, 0.15) is 0 Å². The average molecular weight is 180 g/mol. The summed E-state index contributed by atoms with van der Waals surface area (Å²) in [5.41, 5.74) is 0. The standard InChI is InChI=1S/CH3I.BH4.Na/c1-2;;/h1H3;1H4;/q;-1;+1. The van der Waals surface area contributed by atoms with E-state index in [4.69, 9.17) is 0 Å². The maximum absolute atomic E-state index is 2.15. The molecule has 0 nitrogen and oxygen atoms in total. The van der Waals surface area contributed by atoms with Crippen molar-refractivity contribution in [3.8, 4) is 0 Å². The Morgan fingerprint density at radius 3 is 1.25 bits per heavy atom. The number of hydrogen-bond acceptors (Lipinski definition) is 0. The SMILES string of the molecule is CI.[BH4-].[Na+]. The van der Waals surface area contributed by atoms with Crippen molar-refractivity contribution in [2.75, 3.05) is 4.93 Å². The summed E-state index contributed by atoms with van der Waals surface area (Å²) < 4.78 is 0. The molecule has 0 atom stereocenters. The van der Waals surface area contributed by atoms with E-state index in [1.54, 1.807) is 0 Å². The van der Waals surface area contributed by atoms with E-state index in [1.807, 2.05) is 4.93 Å². The molecule has 0 aromatic rings. The molecule has 0 aliphatic carbocycles. The van der Waals surface area contributed by atoms with Crippen LogP contribution in [0, 0.1) is 0 Å². The first-order valence-electron chi connectivity index (χ1n) is 0.378. The van der Waals surface area contributed by atoms with Crippen molar-refractivity contribution < 1.29 is 29.6 Å². The molecule has 0 saturated carbocycles. The number of alkyl halides is 1. The summed E-state index contributed by atoms with van der Waals surface area (Å²) in [5, 5.41) is 0. The maximum Gasteiger partial charge on any atom is 1.00 e. The molecule has 0 aromatic carbocycles. The fourth-order valence-electron chi connectivity index (χ4n) is 0. The van der Waals surface area contributed by atoms with Crippen molar-refractivity contribution in [3.63, 3.8) is 0 Å². The van der Waals surface area contributed by atoms with Crippen LogP contribution in [0.15, 0.2) is 0 Å². The topological polar surface area (TPSA) is 0 Å². The van der Waals surface area contributed by atoms with Gasteiger partial charge in [0.05, 0.1) is 0 Å². The van der Waals surface area contributed by atoms with Crippen molar-refractivity contribution in [2.24, 2.45) is 0 Å². The maximum atomic E-state index is 2.15. The van der Waals surface area contributed by atoms with Gasteiger partial charge in [0.25, 0.3) is 0 Å². The molecule has 0 bridgehead atoms.